The summed E-state index contributed by atoms with van der Waals surface area (Å²) in [6, 6.07) is 3.98. The van der Waals surface area contributed by atoms with Crippen LogP contribution in [0.1, 0.15) is 12.0 Å². The third-order valence-corrected chi connectivity index (χ3v) is 1.68. The van der Waals surface area contributed by atoms with Gasteiger partial charge in [-0.2, -0.15) is 4.98 Å². The fourth-order valence-corrected chi connectivity index (χ4v) is 1.09. The van der Waals surface area contributed by atoms with Crippen LogP contribution in [0.4, 0.5) is 14.8 Å². The van der Waals surface area contributed by atoms with Gasteiger partial charge in [0.25, 0.3) is 12.4 Å². The van der Waals surface area contributed by atoms with Gasteiger partial charge in [-0.05, 0) is 12.1 Å². The molecule has 0 spiro atoms. The first-order chi connectivity index (χ1) is 6.16. The first kappa shape index (κ1) is 7.97. The second kappa shape index (κ2) is 2.69. The Morgan fingerprint density at radius 1 is 1.38 bits per heavy atom. The van der Waals surface area contributed by atoms with Crippen LogP contribution in [0.2, 0.25) is 0 Å². The number of halogens is 2. The molecule has 0 radical (unpaired) electrons. The van der Waals surface area contributed by atoms with E-state index in [0.717, 1.165) is 0 Å². The van der Waals surface area contributed by atoms with Crippen molar-refractivity contribution >= 4 is 17.1 Å². The zero-order valence-corrected chi connectivity index (χ0v) is 6.50. The number of rotatable bonds is 1. The van der Waals surface area contributed by atoms with Crippen LogP contribution in [0.5, 0.6) is 0 Å². The Morgan fingerprint density at radius 3 is 2.85 bits per heavy atom. The molecule has 0 saturated carbocycles. The molecule has 0 aliphatic rings. The summed E-state index contributed by atoms with van der Waals surface area (Å²) in [5.74, 6) is 0. The van der Waals surface area contributed by atoms with Crippen molar-refractivity contribution in [3.8, 4) is 0 Å². The molecule has 1 aromatic carbocycles. The predicted octanol–water partition coefficient (Wildman–Crippen LogP) is 2.35. The molecule has 13 heavy (non-hydrogen) atoms. The number of benzene rings is 1. The predicted molar refractivity (Wildman–Crippen MR) is 43.4 cm³/mol. The maximum atomic E-state index is 12.2. The molecule has 1 heterocycles. The minimum absolute atomic E-state index is 0.0126. The molecule has 0 saturated heterocycles. The van der Waals surface area contributed by atoms with Crippen LogP contribution in [0.25, 0.3) is 11.1 Å². The molecule has 3 nitrogen and oxygen atoms in total. The van der Waals surface area contributed by atoms with E-state index in [1.807, 2.05) is 0 Å². The van der Waals surface area contributed by atoms with Crippen molar-refractivity contribution in [1.29, 1.82) is 0 Å². The number of nitrogens with zero attached hydrogens (tertiary/aromatic N) is 1. The fourth-order valence-electron chi connectivity index (χ4n) is 1.09. The van der Waals surface area contributed by atoms with Crippen molar-refractivity contribution in [1.82, 2.24) is 4.98 Å². The summed E-state index contributed by atoms with van der Waals surface area (Å²) in [6.07, 6.45) is -2.50. The van der Waals surface area contributed by atoms with E-state index in [-0.39, 0.29) is 17.2 Å². The summed E-state index contributed by atoms with van der Waals surface area (Å²) in [5, 5.41) is 0. The number of hydrogen-bond acceptors (Lipinski definition) is 3. The fraction of sp³-hybridized carbons (Fsp3) is 0.125. The summed E-state index contributed by atoms with van der Waals surface area (Å²) >= 11 is 0. The van der Waals surface area contributed by atoms with Crippen molar-refractivity contribution < 1.29 is 13.2 Å². The van der Waals surface area contributed by atoms with Crippen molar-refractivity contribution in [2.24, 2.45) is 0 Å². The molecular formula is C8H6F2N2O. The second-order valence-corrected chi connectivity index (χ2v) is 2.58. The SMILES string of the molecule is Nc1nc2ccc(C(F)F)cc2o1. The van der Waals surface area contributed by atoms with Crippen LogP contribution in [0.3, 0.4) is 0 Å². The van der Waals surface area contributed by atoms with Crippen LogP contribution < -0.4 is 5.73 Å². The smallest absolute Gasteiger partial charge is 0.292 e. The van der Waals surface area contributed by atoms with Crippen molar-refractivity contribution in [2.45, 2.75) is 6.43 Å². The first-order valence-electron chi connectivity index (χ1n) is 3.61. The number of nitrogen functional groups attached to an aromatic ring is 1. The van der Waals surface area contributed by atoms with Gasteiger partial charge in [0.15, 0.2) is 5.58 Å². The Balaban J connectivity index is 2.61. The van der Waals surface area contributed by atoms with E-state index in [4.69, 9.17) is 10.2 Å². The maximum absolute atomic E-state index is 12.2. The van der Waals surface area contributed by atoms with Gasteiger partial charge in [-0.25, -0.2) is 8.78 Å². The van der Waals surface area contributed by atoms with Gasteiger partial charge in [-0.3, -0.25) is 0 Å². The molecule has 0 aliphatic heterocycles. The number of hydrogen-bond donors (Lipinski definition) is 1. The summed E-state index contributed by atoms with van der Waals surface area (Å²) in [7, 11) is 0. The number of anilines is 1. The average Bonchev–Trinajstić information content (AvgIpc) is 2.42. The summed E-state index contributed by atoms with van der Waals surface area (Å²) in [5.41, 5.74) is 5.93. The minimum atomic E-state index is -2.50. The lowest BCUT2D eigenvalue weighted by Crippen LogP contribution is -1.82. The van der Waals surface area contributed by atoms with Crippen molar-refractivity contribution in [3.05, 3.63) is 23.8 Å². The lowest BCUT2D eigenvalue weighted by Gasteiger charge is -1.96. The Hall–Kier alpha value is -1.65. The number of fused-ring (bicyclic) bond motifs is 1. The standard InChI is InChI=1S/C8H6F2N2O/c9-7(10)4-1-2-5-6(3-4)13-8(11)12-5/h1-3,7H,(H2,11,12). The zero-order valence-electron chi connectivity index (χ0n) is 6.50. The number of aromatic nitrogens is 1. The molecular weight excluding hydrogens is 178 g/mol. The van der Waals surface area contributed by atoms with Gasteiger partial charge in [0.05, 0.1) is 0 Å². The van der Waals surface area contributed by atoms with Crippen LogP contribution >= 0.6 is 0 Å². The molecule has 0 unspecified atom stereocenters. The quantitative estimate of drug-likeness (QED) is 0.740. The third-order valence-electron chi connectivity index (χ3n) is 1.68. The van der Waals surface area contributed by atoms with Gasteiger partial charge >= 0.3 is 0 Å². The monoisotopic (exact) mass is 184 g/mol. The van der Waals surface area contributed by atoms with Gasteiger partial charge in [0.2, 0.25) is 0 Å². The maximum Gasteiger partial charge on any atom is 0.292 e. The van der Waals surface area contributed by atoms with Crippen LogP contribution in [0.15, 0.2) is 22.6 Å². The van der Waals surface area contributed by atoms with E-state index < -0.39 is 6.43 Å². The highest BCUT2D eigenvalue weighted by molar-refractivity contribution is 5.74. The average molecular weight is 184 g/mol. The van der Waals surface area contributed by atoms with E-state index in [1.54, 1.807) is 0 Å². The molecule has 0 aliphatic carbocycles. The molecule has 2 N–H and O–H groups in total. The Morgan fingerprint density at radius 2 is 2.15 bits per heavy atom. The number of nitrogens with two attached hydrogens (primary N) is 1. The lowest BCUT2D eigenvalue weighted by atomic mass is 10.2. The molecule has 0 bridgehead atoms. The molecule has 0 atom stereocenters. The highest BCUT2D eigenvalue weighted by atomic mass is 19.3. The molecule has 1 aromatic heterocycles. The third kappa shape index (κ3) is 1.32. The van der Waals surface area contributed by atoms with E-state index in [2.05, 4.69) is 4.98 Å². The molecule has 0 amide bonds. The molecule has 68 valence electrons. The van der Waals surface area contributed by atoms with Gasteiger partial charge in [-0.15, -0.1) is 0 Å². The van der Waals surface area contributed by atoms with Crippen LogP contribution in [-0.2, 0) is 0 Å². The van der Waals surface area contributed by atoms with Gasteiger partial charge in [-0.1, -0.05) is 6.07 Å². The molecule has 5 heteroatoms. The highest BCUT2D eigenvalue weighted by Crippen LogP contribution is 2.24. The van der Waals surface area contributed by atoms with E-state index >= 15 is 0 Å². The van der Waals surface area contributed by atoms with Crippen molar-refractivity contribution in [3.63, 3.8) is 0 Å². The van der Waals surface area contributed by atoms with Crippen LogP contribution in [-0.4, -0.2) is 4.98 Å². The Bertz CT molecular complexity index is 439. The summed E-state index contributed by atoms with van der Waals surface area (Å²) in [6.45, 7) is 0. The Labute approximate surface area is 72.2 Å². The number of oxazole rings is 1. The molecule has 2 rings (SSSR count). The van der Waals surface area contributed by atoms with Gasteiger partial charge < -0.3 is 10.2 Å². The normalized spacial score (nSPS) is 11.3. The summed E-state index contributed by atoms with van der Waals surface area (Å²) in [4.78, 5) is 3.78. The van der Waals surface area contributed by atoms with E-state index in [1.165, 1.54) is 18.2 Å². The largest absolute Gasteiger partial charge is 0.424 e. The van der Waals surface area contributed by atoms with Crippen LogP contribution in [0, 0.1) is 0 Å². The van der Waals surface area contributed by atoms with Gasteiger partial charge in [0, 0.05) is 5.56 Å². The molecule has 2 aromatic rings. The minimum Gasteiger partial charge on any atom is -0.424 e. The molecule has 0 fully saturated rings. The second-order valence-electron chi connectivity index (χ2n) is 2.58. The van der Waals surface area contributed by atoms with E-state index in [0.29, 0.717) is 5.52 Å². The zero-order chi connectivity index (χ0) is 9.42. The van der Waals surface area contributed by atoms with Crippen molar-refractivity contribution in [2.75, 3.05) is 5.73 Å². The van der Waals surface area contributed by atoms with E-state index in [9.17, 15) is 8.78 Å². The topological polar surface area (TPSA) is 52.0 Å². The highest BCUT2D eigenvalue weighted by Gasteiger charge is 2.09. The van der Waals surface area contributed by atoms with Gasteiger partial charge in [0.1, 0.15) is 5.52 Å². The lowest BCUT2D eigenvalue weighted by molar-refractivity contribution is 0.151. The number of alkyl halides is 2. The summed E-state index contributed by atoms with van der Waals surface area (Å²) < 4.78 is 29.3. The Kier molecular flexibility index (Phi) is 1.65. The first-order valence-corrected chi connectivity index (χ1v) is 3.61.